The number of aryl methyl sites for hydroxylation is 1. The molecule has 1 aromatic heterocycles. The summed E-state index contributed by atoms with van der Waals surface area (Å²) < 4.78 is 2.39. The number of hydrogen-bond donors (Lipinski definition) is 0. The first-order chi connectivity index (χ1) is 14.0. The van der Waals surface area contributed by atoms with Crippen molar-refractivity contribution in [3.63, 3.8) is 0 Å². The van der Waals surface area contributed by atoms with E-state index in [1.54, 1.807) is 0 Å². The van der Waals surface area contributed by atoms with Crippen LogP contribution in [-0.2, 0) is 4.79 Å². The van der Waals surface area contributed by atoms with Crippen LogP contribution in [0.1, 0.15) is 72.7 Å². The fourth-order valence-corrected chi connectivity index (χ4v) is 5.55. The molecule has 1 unspecified atom stereocenters. The van der Waals surface area contributed by atoms with Gasteiger partial charge in [0.25, 0.3) is 5.91 Å². The van der Waals surface area contributed by atoms with Gasteiger partial charge in [-0.15, -0.1) is 0 Å². The van der Waals surface area contributed by atoms with Gasteiger partial charge in [-0.25, -0.2) is 0 Å². The average Bonchev–Trinajstić information content (AvgIpc) is 3.33. The maximum atomic E-state index is 13.5. The van der Waals surface area contributed by atoms with E-state index in [1.165, 1.54) is 37.8 Å². The van der Waals surface area contributed by atoms with Crippen LogP contribution in [0.5, 0.6) is 0 Å². The second-order valence-electron chi connectivity index (χ2n) is 9.23. The lowest BCUT2D eigenvalue weighted by atomic mass is 9.95. The molecule has 2 saturated heterocycles. The molecule has 3 fully saturated rings. The Morgan fingerprint density at radius 2 is 1.59 bits per heavy atom. The Hall–Kier alpha value is -1.82. The van der Waals surface area contributed by atoms with Crippen LogP contribution in [0.2, 0.25) is 0 Å². The summed E-state index contributed by atoms with van der Waals surface area (Å²) in [5.41, 5.74) is 3.06. The molecule has 1 aromatic rings. The molecule has 4 rings (SSSR count). The molecule has 3 aliphatic rings. The summed E-state index contributed by atoms with van der Waals surface area (Å²) in [7, 11) is 2.09. The average molecular weight is 401 g/mol. The third kappa shape index (κ3) is 3.96. The Balaban J connectivity index is 1.52. The van der Waals surface area contributed by atoms with E-state index in [0.29, 0.717) is 12.6 Å². The number of likely N-dealkylation sites (tertiary alicyclic amines) is 1. The van der Waals surface area contributed by atoms with Crippen LogP contribution in [0.4, 0.5) is 0 Å². The minimum absolute atomic E-state index is 0.0464. The summed E-state index contributed by atoms with van der Waals surface area (Å²) in [6.45, 7) is 8.26. The molecular formula is C23H36N4O2. The molecule has 0 bridgehead atoms. The lowest BCUT2D eigenvalue weighted by Gasteiger charge is -2.35. The van der Waals surface area contributed by atoms with Crippen molar-refractivity contribution in [2.45, 2.75) is 70.9 Å². The molecule has 0 aromatic carbocycles. The summed E-state index contributed by atoms with van der Waals surface area (Å²) >= 11 is 0. The van der Waals surface area contributed by atoms with E-state index in [0.717, 1.165) is 50.3 Å². The van der Waals surface area contributed by atoms with Crippen molar-refractivity contribution < 1.29 is 9.59 Å². The largest absolute Gasteiger partial charge is 0.345 e. The maximum Gasteiger partial charge on any atom is 0.256 e. The van der Waals surface area contributed by atoms with Gasteiger partial charge < -0.3 is 19.3 Å². The van der Waals surface area contributed by atoms with Crippen molar-refractivity contribution in [1.29, 1.82) is 0 Å². The molecule has 160 valence electrons. The van der Waals surface area contributed by atoms with Gasteiger partial charge in [0.05, 0.1) is 5.56 Å². The smallest absolute Gasteiger partial charge is 0.256 e. The number of carbonyl (C=O) groups is 2. The van der Waals surface area contributed by atoms with Crippen molar-refractivity contribution in [1.82, 2.24) is 19.3 Å². The van der Waals surface area contributed by atoms with E-state index in [1.807, 2.05) is 9.80 Å². The van der Waals surface area contributed by atoms with Gasteiger partial charge in [-0.3, -0.25) is 9.59 Å². The zero-order chi connectivity index (χ0) is 20.5. The third-order valence-electron chi connectivity index (χ3n) is 7.27. The van der Waals surface area contributed by atoms with Gasteiger partial charge in [0.15, 0.2) is 0 Å². The van der Waals surface area contributed by atoms with Crippen LogP contribution in [0.25, 0.3) is 0 Å². The number of nitrogens with zero attached hydrogens (tertiary/aromatic N) is 4. The summed E-state index contributed by atoms with van der Waals surface area (Å²) in [5.74, 6) is 0.190. The Morgan fingerprint density at radius 3 is 2.28 bits per heavy atom. The first kappa shape index (κ1) is 20.5. The Kier molecular flexibility index (Phi) is 6.00. The highest BCUT2D eigenvalue weighted by atomic mass is 16.2. The second kappa shape index (κ2) is 8.50. The quantitative estimate of drug-likeness (QED) is 0.784. The number of piperazine rings is 1. The Morgan fingerprint density at radius 1 is 0.897 bits per heavy atom. The molecule has 0 radical (unpaired) electrons. The van der Waals surface area contributed by atoms with Gasteiger partial charge in [-0.1, -0.05) is 19.3 Å². The first-order valence-corrected chi connectivity index (χ1v) is 11.4. The lowest BCUT2D eigenvalue weighted by molar-refractivity contribution is -0.136. The molecule has 6 heteroatoms. The van der Waals surface area contributed by atoms with E-state index < -0.39 is 0 Å². The second-order valence-corrected chi connectivity index (χ2v) is 9.23. The number of rotatable bonds is 3. The van der Waals surface area contributed by atoms with Crippen molar-refractivity contribution in [2.24, 2.45) is 0 Å². The molecule has 1 saturated carbocycles. The van der Waals surface area contributed by atoms with Gasteiger partial charge >= 0.3 is 0 Å². The molecule has 0 spiro atoms. The van der Waals surface area contributed by atoms with E-state index in [2.05, 4.69) is 36.4 Å². The van der Waals surface area contributed by atoms with Crippen LogP contribution < -0.4 is 0 Å². The molecule has 3 heterocycles. The minimum Gasteiger partial charge on any atom is -0.345 e. The third-order valence-corrected chi connectivity index (χ3v) is 7.27. The molecular weight excluding hydrogens is 364 g/mol. The van der Waals surface area contributed by atoms with Gasteiger partial charge in [0, 0.05) is 50.2 Å². The van der Waals surface area contributed by atoms with E-state index in [4.69, 9.17) is 0 Å². The fourth-order valence-electron chi connectivity index (χ4n) is 5.55. The Labute approximate surface area is 174 Å². The summed E-state index contributed by atoms with van der Waals surface area (Å²) in [5, 5.41) is 0. The van der Waals surface area contributed by atoms with E-state index in [-0.39, 0.29) is 17.9 Å². The van der Waals surface area contributed by atoms with Gasteiger partial charge in [-0.2, -0.15) is 0 Å². The number of likely N-dealkylation sites (N-methyl/N-ethyl adjacent to an activating group) is 1. The Bertz CT molecular complexity index is 757. The number of carbonyl (C=O) groups excluding carboxylic acids is 2. The lowest BCUT2D eigenvalue weighted by Crippen LogP contribution is -2.53. The predicted molar refractivity (Wildman–Crippen MR) is 114 cm³/mol. The minimum atomic E-state index is -0.288. The zero-order valence-electron chi connectivity index (χ0n) is 18.3. The molecule has 2 aliphatic heterocycles. The van der Waals surface area contributed by atoms with Gasteiger partial charge in [0.1, 0.15) is 6.04 Å². The molecule has 6 nitrogen and oxygen atoms in total. The van der Waals surface area contributed by atoms with Crippen LogP contribution in [-0.4, -0.2) is 76.9 Å². The van der Waals surface area contributed by atoms with Crippen molar-refractivity contribution >= 4 is 11.8 Å². The van der Waals surface area contributed by atoms with Crippen LogP contribution in [0.15, 0.2) is 6.07 Å². The van der Waals surface area contributed by atoms with Crippen LogP contribution >= 0.6 is 0 Å². The monoisotopic (exact) mass is 400 g/mol. The number of amides is 2. The molecule has 1 atom stereocenters. The molecule has 0 N–H and O–H groups in total. The SMILES string of the molecule is Cc1cc(C(=O)N2CCCC2C(=O)N2CCN(C)CC2)c(C)n1C1CCCCC1. The zero-order valence-corrected chi connectivity index (χ0v) is 18.3. The van der Waals surface area contributed by atoms with Crippen molar-refractivity contribution in [3.05, 3.63) is 23.0 Å². The van der Waals surface area contributed by atoms with Crippen molar-refractivity contribution in [2.75, 3.05) is 39.8 Å². The van der Waals surface area contributed by atoms with Gasteiger partial charge in [-0.05, 0) is 52.6 Å². The molecule has 1 aliphatic carbocycles. The standard InChI is InChI=1S/C23H36N4O2/c1-17-16-20(18(2)27(17)19-8-5-4-6-9-19)22(28)26-11-7-10-21(26)23(29)25-14-12-24(3)13-15-25/h16,19,21H,4-15H2,1-3H3. The molecule has 29 heavy (non-hydrogen) atoms. The predicted octanol–water partition coefficient (Wildman–Crippen LogP) is 2.99. The highest BCUT2D eigenvalue weighted by Crippen LogP contribution is 2.33. The van der Waals surface area contributed by atoms with E-state index >= 15 is 0 Å². The summed E-state index contributed by atoms with van der Waals surface area (Å²) in [6.07, 6.45) is 7.99. The van der Waals surface area contributed by atoms with Crippen molar-refractivity contribution in [3.8, 4) is 0 Å². The fraction of sp³-hybridized carbons (Fsp3) is 0.739. The summed E-state index contributed by atoms with van der Waals surface area (Å²) in [4.78, 5) is 32.7. The number of hydrogen-bond acceptors (Lipinski definition) is 3. The summed E-state index contributed by atoms with van der Waals surface area (Å²) in [6, 6.07) is 2.29. The maximum absolute atomic E-state index is 13.5. The molecule has 2 amide bonds. The van der Waals surface area contributed by atoms with Crippen LogP contribution in [0.3, 0.4) is 0 Å². The van der Waals surface area contributed by atoms with E-state index in [9.17, 15) is 9.59 Å². The normalized spacial score (nSPS) is 24.3. The highest BCUT2D eigenvalue weighted by molar-refractivity contribution is 5.99. The van der Waals surface area contributed by atoms with Gasteiger partial charge in [0.2, 0.25) is 5.91 Å². The number of aromatic nitrogens is 1. The highest BCUT2D eigenvalue weighted by Gasteiger charge is 2.38. The van der Waals surface area contributed by atoms with Crippen LogP contribution in [0, 0.1) is 13.8 Å². The first-order valence-electron chi connectivity index (χ1n) is 11.4. The topological polar surface area (TPSA) is 48.8 Å².